The number of nitrogens with one attached hydrogen (secondary N) is 3. The van der Waals surface area contributed by atoms with Crippen LogP contribution in [0.5, 0.6) is 0 Å². The van der Waals surface area contributed by atoms with E-state index in [4.69, 9.17) is 5.73 Å². The van der Waals surface area contributed by atoms with Crippen LogP contribution in [0.25, 0.3) is 11.1 Å². The number of nitrogens with zero attached hydrogens (tertiary/aromatic N) is 1. The lowest BCUT2D eigenvalue weighted by Crippen LogP contribution is -2.18. The number of rotatable bonds is 8. The number of aromatic amines is 1. The fourth-order valence-electron chi connectivity index (χ4n) is 2.85. The first-order chi connectivity index (χ1) is 14.8. The van der Waals surface area contributed by atoms with Gasteiger partial charge in [0.25, 0.3) is 5.56 Å². The van der Waals surface area contributed by atoms with Crippen LogP contribution < -0.4 is 21.9 Å². The Balaban J connectivity index is 1.72. The second-order valence-corrected chi connectivity index (χ2v) is 6.80. The van der Waals surface area contributed by atoms with Gasteiger partial charge in [0.05, 0.1) is 11.1 Å². The van der Waals surface area contributed by atoms with E-state index in [0.29, 0.717) is 36.4 Å². The second kappa shape index (κ2) is 9.71. The Morgan fingerprint density at radius 2 is 1.84 bits per heavy atom. The summed E-state index contributed by atoms with van der Waals surface area (Å²) in [5.74, 6) is -0.404. The van der Waals surface area contributed by atoms with E-state index in [1.807, 2.05) is 0 Å². The van der Waals surface area contributed by atoms with Gasteiger partial charge in [-0.25, -0.2) is 9.37 Å². The van der Waals surface area contributed by atoms with Gasteiger partial charge in [-0.15, -0.1) is 0 Å². The number of hydrogen-bond acceptors (Lipinski definition) is 5. The monoisotopic (exact) mass is 435 g/mol. The van der Waals surface area contributed by atoms with E-state index in [1.54, 1.807) is 12.1 Å². The summed E-state index contributed by atoms with van der Waals surface area (Å²) in [4.78, 5) is 19.0. The first-order valence-electron chi connectivity index (χ1n) is 9.51. The lowest BCUT2D eigenvalue weighted by molar-refractivity contribution is -0.137. The van der Waals surface area contributed by atoms with Gasteiger partial charge in [-0.05, 0) is 55.4 Å². The Morgan fingerprint density at radius 3 is 2.45 bits per heavy atom. The van der Waals surface area contributed by atoms with Crippen LogP contribution in [-0.4, -0.2) is 23.1 Å². The second-order valence-electron chi connectivity index (χ2n) is 6.80. The van der Waals surface area contributed by atoms with Crippen molar-refractivity contribution in [3.63, 3.8) is 0 Å². The van der Waals surface area contributed by atoms with Crippen molar-refractivity contribution in [2.45, 2.75) is 19.1 Å². The summed E-state index contributed by atoms with van der Waals surface area (Å²) >= 11 is 0. The van der Waals surface area contributed by atoms with Crippen LogP contribution in [0, 0.1) is 5.82 Å². The number of H-pyrrole nitrogens is 1. The van der Waals surface area contributed by atoms with E-state index in [1.165, 1.54) is 24.4 Å². The zero-order chi connectivity index (χ0) is 22.4. The topological polar surface area (TPSA) is 95.8 Å². The van der Waals surface area contributed by atoms with Crippen LogP contribution in [0.3, 0.4) is 0 Å². The smallest absolute Gasteiger partial charge is 0.330 e. The summed E-state index contributed by atoms with van der Waals surface area (Å²) in [6, 6.07) is 8.77. The van der Waals surface area contributed by atoms with Crippen molar-refractivity contribution < 1.29 is 17.6 Å². The summed E-state index contributed by atoms with van der Waals surface area (Å²) in [5, 5.41) is 5.82. The first-order valence-corrected chi connectivity index (χ1v) is 9.51. The maximum Gasteiger partial charge on any atom is 0.416 e. The molecule has 164 valence electrons. The highest BCUT2D eigenvalue weighted by Gasteiger charge is 2.29. The summed E-state index contributed by atoms with van der Waals surface area (Å²) in [6.45, 7) is 1.57. The van der Waals surface area contributed by atoms with Crippen molar-refractivity contribution in [3.05, 3.63) is 76.0 Å². The molecule has 0 radical (unpaired) electrons. The van der Waals surface area contributed by atoms with Gasteiger partial charge in [-0.1, -0.05) is 12.1 Å². The van der Waals surface area contributed by atoms with Crippen LogP contribution in [0.4, 0.5) is 29.2 Å². The Bertz CT molecular complexity index is 1080. The van der Waals surface area contributed by atoms with Crippen molar-refractivity contribution in [1.29, 1.82) is 0 Å². The van der Waals surface area contributed by atoms with Gasteiger partial charge < -0.3 is 16.4 Å². The average Bonchev–Trinajstić information content (AvgIpc) is 2.72. The highest BCUT2D eigenvalue weighted by Crippen LogP contribution is 2.30. The lowest BCUT2D eigenvalue weighted by Gasteiger charge is -2.10. The van der Waals surface area contributed by atoms with Gasteiger partial charge >= 0.3 is 6.18 Å². The molecule has 1 aromatic heterocycles. The molecule has 0 bridgehead atoms. The summed E-state index contributed by atoms with van der Waals surface area (Å²) in [6.07, 6.45) is -2.37. The van der Waals surface area contributed by atoms with E-state index >= 15 is 0 Å². The predicted molar refractivity (Wildman–Crippen MR) is 110 cm³/mol. The van der Waals surface area contributed by atoms with Crippen molar-refractivity contribution in [3.8, 4) is 11.1 Å². The Morgan fingerprint density at radius 1 is 1.10 bits per heavy atom. The third-order valence-electron chi connectivity index (χ3n) is 4.51. The van der Waals surface area contributed by atoms with Crippen molar-refractivity contribution >= 4 is 11.6 Å². The minimum atomic E-state index is -4.43. The summed E-state index contributed by atoms with van der Waals surface area (Å²) in [5.41, 5.74) is 5.42. The molecule has 0 unspecified atom stereocenters. The van der Waals surface area contributed by atoms with Gasteiger partial charge in [0.2, 0.25) is 5.95 Å². The molecule has 1 heterocycles. The van der Waals surface area contributed by atoms with Crippen LogP contribution in [0.2, 0.25) is 0 Å². The number of nitrogens with two attached hydrogens (primary N) is 1. The molecule has 10 heteroatoms. The van der Waals surface area contributed by atoms with Crippen LogP contribution in [0.15, 0.2) is 53.5 Å². The van der Waals surface area contributed by atoms with E-state index < -0.39 is 23.1 Å². The molecule has 0 fully saturated rings. The highest BCUT2D eigenvalue weighted by atomic mass is 19.4. The quantitative estimate of drug-likeness (QED) is 0.319. The Labute approximate surface area is 175 Å². The fourth-order valence-corrected chi connectivity index (χ4v) is 2.85. The summed E-state index contributed by atoms with van der Waals surface area (Å²) < 4.78 is 52.3. The Hall–Kier alpha value is -3.24. The van der Waals surface area contributed by atoms with Gasteiger partial charge in [0, 0.05) is 24.0 Å². The van der Waals surface area contributed by atoms with Gasteiger partial charge in [0.15, 0.2) is 0 Å². The number of anilines is 2. The van der Waals surface area contributed by atoms with E-state index in [0.717, 1.165) is 18.6 Å². The fraction of sp³-hybridized carbons (Fsp3) is 0.238. The molecule has 0 spiro atoms. The molecule has 2 aromatic carbocycles. The molecule has 0 amide bonds. The third-order valence-corrected chi connectivity index (χ3v) is 4.51. The zero-order valence-electron chi connectivity index (χ0n) is 16.4. The van der Waals surface area contributed by atoms with Gasteiger partial charge in [-0.3, -0.25) is 9.78 Å². The lowest BCUT2D eigenvalue weighted by atomic mass is 10.1. The minimum Gasteiger partial charge on any atom is -0.330 e. The maximum absolute atomic E-state index is 14.4. The van der Waals surface area contributed by atoms with Crippen LogP contribution in [-0.2, 0) is 12.7 Å². The van der Waals surface area contributed by atoms with E-state index in [2.05, 4.69) is 20.6 Å². The molecular weight excluding hydrogens is 414 g/mol. The third kappa shape index (κ3) is 5.89. The molecule has 3 rings (SSSR count). The number of alkyl halides is 3. The van der Waals surface area contributed by atoms with Crippen molar-refractivity contribution in [2.24, 2.45) is 5.73 Å². The summed E-state index contributed by atoms with van der Waals surface area (Å²) in [7, 11) is 0. The Kier molecular flexibility index (Phi) is 7.03. The van der Waals surface area contributed by atoms with Crippen LogP contribution in [0.1, 0.15) is 17.5 Å². The molecule has 3 aromatic rings. The highest BCUT2D eigenvalue weighted by molar-refractivity contribution is 5.63. The zero-order valence-corrected chi connectivity index (χ0v) is 16.4. The number of hydrogen-bond donors (Lipinski definition) is 4. The molecular formula is C21H21F4N5O. The average molecular weight is 435 g/mol. The number of halogens is 4. The molecule has 5 N–H and O–H groups in total. The largest absolute Gasteiger partial charge is 0.416 e. The van der Waals surface area contributed by atoms with Gasteiger partial charge in [0.1, 0.15) is 5.82 Å². The molecule has 0 aliphatic carbocycles. The van der Waals surface area contributed by atoms with Crippen molar-refractivity contribution in [2.75, 3.05) is 18.4 Å². The first kappa shape index (κ1) is 22.4. The molecule has 31 heavy (non-hydrogen) atoms. The molecule has 0 atom stereocenters. The van der Waals surface area contributed by atoms with Gasteiger partial charge in [-0.2, -0.15) is 13.2 Å². The molecule has 0 saturated heterocycles. The molecule has 0 saturated carbocycles. The van der Waals surface area contributed by atoms with Crippen LogP contribution >= 0.6 is 0 Å². The SMILES string of the molecule is NCCCNCc1ccc(-c2cnc(Nc3ccc(C(F)(F)F)cc3)[nH]c2=O)cc1F. The molecule has 0 aliphatic rings. The van der Waals surface area contributed by atoms with E-state index in [-0.39, 0.29) is 11.5 Å². The number of aromatic nitrogens is 2. The van der Waals surface area contributed by atoms with E-state index in [9.17, 15) is 22.4 Å². The minimum absolute atomic E-state index is 0.0507. The molecule has 6 nitrogen and oxygen atoms in total. The van der Waals surface area contributed by atoms with Crippen molar-refractivity contribution in [1.82, 2.24) is 15.3 Å². The normalized spacial score (nSPS) is 11.5. The standard InChI is InChI=1S/C21H21F4N5O/c22-18-10-13(2-3-14(18)11-27-9-1-8-26)17-12-28-20(30-19(17)31)29-16-6-4-15(5-7-16)21(23,24)25/h2-7,10,12,27H,1,8-9,11,26H2,(H2,28,29,30,31). The predicted octanol–water partition coefficient (Wildman–Crippen LogP) is 3.78. The maximum atomic E-state index is 14.4. The number of benzene rings is 2. The molecule has 0 aliphatic heterocycles.